The van der Waals surface area contributed by atoms with Crippen molar-refractivity contribution in [1.29, 1.82) is 5.41 Å². The van der Waals surface area contributed by atoms with Gasteiger partial charge in [-0.1, -0.05) is 0 Å². The summed E-state index contributed by atoms with van der Waals surface area (Å²) in [5.74, 6) is 0.0967. The van der Waals surface area contributed by atoms with Crippen LogP contribution in [0.3, 0.4) is 0 Å². The molecule has 0 radical (unpaired) electrons. The third-order valence-corrected chi connectivity index (χ3v) is 3.09. The topological polar surface area (TPSA) is 127 Å². The van der Waals surface area contributed by atoms with E-state index in [0.717, 1.165) is 0 Å². The minimum atomic E-state index is -0.491. The number of nitro benzene ring substituents is 1. The summed E-state index contributed by atoms with van der Waals surface area (Å²) in [5, 5.41) is 21.0. The van der Waals surface area contributed by atoms with Crippen LogP contribution in [0.15, 0.2) is 12.1 Å². The maximum Gasteiger partial charge on any atom is 0.273 e. The van der Waals surface area contributed by atoms with Crippen molar-refractivity contribution in [2.24, 2.45) is 5.73 Å². The van der Waals surface area contributed by atoms with Gasteiger partial charge in [-0.2, -0.15) is 0 Å². The molecule has 0 unspecified atom stereocenters. The van der Waals surface area contributed by atoms with E-state index in [4.69, 9.17) is 20.6 Å². The lowest BCUT2D eigenvalue weighted by atomic mass is 10.2. The lowest BCUT2D eigenvalue weighted by molar-refractivity contribution is -0.384. The van der Waals surface area contributed by atoms with Gasteiger partial charge in [0.2, 0.25) is 0 Å². The lowest BCUT2D eigenvalue weighted by Gasteiger charge is -2.30. The molecule has 0 saturated carbocycles. The normalized spacial score (nSPS) is 14.6. The minimum Gasteiger partial charge on any atom is -0.492 e. The third-order valence-electron chi connectivity index (χ3n) is 3.09. The molecule has 1 aromatic rings. The Morgan fingerprint density at radius 2 is 2.19 bits per heavy atom. The Kier molecular flexibility index (Phi) is 4.43. The average Bonchev–Trinajstić information content (AvgIpc) is 2.46. The second-order valence-electron chi connectivity index (χ2n) is 4.44. The first-order chi connectivity index (χ1) is 10.0. The fourth-order valence-corrected chi connectivity index (χ4v) is 2.20. The third kappa shape index (κ3) is 3.31. The molecule has 0 bridgehead atoms. The van der Waals surface area contributed by atoms with Crippen molar-refractivity contribution in [3.8, 4) is 5.75 Å². The van der Waals surface area contributed by atoms with Crippen molar-refractivity contribution in [1.82, 2.24) is 0 Å². The molecule has 21 heavy (non-hydrogen) atoms. The highest BCUT2D eigenvalue weighted by atomic mass is 16.6. The number of methoxy groups -OCH3 is 1. The van der Waals surface area contributed by atoms with Gasteiger partial charge in [0.25, 0.3) is 5.69 Å². The molecule has 114 valence electrons. The number of non-ortho nitro benzene ring substituents is 1. The fourth-order valence-electron chi connectivity index (χ4n) is 2.20. The first kappa shape index (κ1) is 14.9. The fraction of sp³-hybridized carbons (Fsp3) is 0.417. The maximum absolute atomic E-state index is 11.1. The van der Waals surface area contributed by atoms with E-state index in [2.05, 4.69) is 5.32 Å². The summed E-state index contributed by atoms with van der Waals surface area (Å²) in [6.45, 7) is 2.30. The molecule has 0 spiro atoms. The highest BCUT2D eigenvalue weighted by molar-refractivity contribution is 5.94. The highest BCUT2D eigenvalue weighted by Gasteiger charge is 2.23. The summed E-state index contributed by atoms with van der Waals surface area (Å²) < 4.78 is 10.6. The molecule has 1 saturated heterocycles. The highest BCUT2D eigenvalue weighted by Crippen LogP contribution is 2.40. The predicted octanol–water partition coefficient (Wildman–Crippen LogP) is 0.745. The molecule has 1 heterocycles. The van der Waals surface area contributed by atoms with Crippen molar-refractivity contribution in [3.63, 3.8) is 0 Å². The maximum atomic E-state index is 11.1. The second kappa shape index (κ2) is 6.27. The standard InChI is InChI=1S/C12H17N5O4/c1-20-11-9(15-12(13)14)6-8(17(18)19)7-10(11)16-2-4-21-5-3-16/h6-7H,2-5H2,1H3,(H4,13,14,15). The monoisotopic (exact) mass is 295 g/mol. The number of nitro groups is 1. The molecule has 2 rings (SSSR count). The van der Waals surface area contributed by atoms with Gasteiger partial charge in [-0.25, -0.2) is 0 Å². The molecule has 9 heteroatoms. The first-order valence-corrected chi connectivity index (χ1v) is 6.33. The van der Waals surface area contributed by atoms with Crippen LogP contribution in [0.2, 0.25) is 0 Å². The number of morpholine rings is 1. The van der Waals surface area contributed by atoms with Crippen LogP contribution in [0.5, 0.6) is 5.75 Å². The molecular formula is C12H17N5O4. The molecule has 1 fully saturated rings. The quantitative estimate of drug-likeness (QED) is 0.323. The van der Waals surface area contributed by atoms with Crippen LogP contribution in [0, 0.1) is 15.5 Å². The summed E-state index contributed by atoms with van der Waals surface area (Å²) in [6, 6.07) is 2.75. The van der Waals surface area contributed by atoms with Gasteiger partial charge in [0, 0.05) is 25.2 Å². The number of nitrogens with two attached hydrogens (primary N) is 1. The summed E-state index contributed by atoms with van der Waals surface area (Å²) in [4.78, 5) is 12.5. The first-order valence-electron chi connectivity index (χ1n) is 6.33. The van der Waals surface area contributed by atoms with Crippen LogP contribution in [0.25, 0.3) is 0 Å². The number of ether oxygens (including phenoxy) is 2. The molecule has 9 nitrogen and oxygen atoms in total. The number of nitrogens with one attached hydrogen (secondary N) is 2. The van der Waals surface area contributed by atoms with E-state index in [1.54, 1.807) is 0 Å². The molecule has 1 aliphatic rings. The molecule has 4 N–H and O–H groups in total. The van der Waals surface area contributed by atoms with Crippen LogP contribution < -0.4 is 20.7 Å². The Hall–Kier alpha value is -2.55. The zero-order chi connectivity index (χ0) is 15.4. The van der Waals surface area contributed by atoms with E-state index in [-0.39, 0.29) is 11.6 Å². The largest absolute Gasteiger partial charge is 0.492 e. The lowest BCUT2D eigenvalue weighted by Crippen LogP contribution is -2.36. The Bertz CT molecular complexity index is 557. The Morgan fingerprint density at radius 3 is 2.71 bits per heavy atom. The van der Waals surface area contributed by atoms with E-state index in [1.165, 1.54) is 19.2 Å². The minimum absolute atomic E-state index is 0.0963. The smallest absolute Gasteiger partial charge is 0.273 e. The molecule has 0 aromatic heterocycles. The zero-order valence-corrected chi connectivity index (χ0v) is 11.6. The number of guanidine groups is 1. The van der Waals surface area contributed by atoms with Crippen LogP contribution in [0.4, 0.5) is 17.1 Å². The van der Waals surface area contributed by atoms with E-state index >= 15 is 0 Å². The molecule has 0 atom stereocenters. The molecule has 1 aliphatic heterocycles. The van der Waals surface area contributed by atoms with E-state index < -0.39 is 4.92 Å². The van der Waals surface area contributed by atoms with Crippen LogP contribution in [0.1, 0.15) is 0 Å². The van der Waals surface area contributed by atoms with E-state index in [9.17, 15) is 10.1 Å². The van der Waals surface area contributed by atoms with Crippen molar-refractivity contribution < 1.29 is 14.4 Å². The van der Waals surface area contributed by atoms with Gasteiger partial charge in [0.15, 0.2) is 11.7 Å². The van der Waals surface area contributed by atoms with Gasteiger partial charge in [-0.15, -0.1) is 0 Å². The molecular weight excluding hydrogens is 278 g/mol. The van der Waals surface area contributed by atoms with Gasteiger partial charge < -0.3 is 25.4 Å². The van der Waals surface area contributed by atoms with Gasteiger partial charge in [0.05, 0.1) is 36.6 Å². The van der Waals surface area contributed by atoms with E-state index in [0.29, 0.717) is 43.4 Å². The number of benzene rings is 1. The van der Waals surface area contributed by atoms with Gasteiger partial charge in [-0.3, -0.25) is 15.5 Å². The second-order valence-corrected chi connectivity index (χ2v) is 4.44. The summed E-state index contributed by atoms with van der Waals surface area (Å²) >= 11 is 0. The number of rotatable bonds is 4. The molecule has 1 aromatic carbocycles. The number of nitrogens with zero attached hydrogens (tertiary/aromatic N) is 2. The zero-order valence-electron chi connectivity index (χ0n) is 11.6. The number of hydrogen-bond acceptors (Lipinski definition) is 6. The summed E-state index contributed by atoms with van der Waals surface area (Å²) in [7, 11) is 1.47. The van der Waals surface area contributed by atoms with Gasteiger partial charge in [0.1, 0.15) is 0 Å². The Morgan fingerprint density at radius 1 is 1.52 bits per heavy atom. The van der Waals surface area contributed by atoms with Crippen molar-refractivity contribution in [3.05, 3.63) is 22.2 Å². The number of anilines is 2. The Balaban J connectivity index is 2.51. The Labute approximate surface area is 121 Å². The van der Waals surface area contributed by atoms with Crippen molar-refractivity contribution >= 4 is 23.0 Å². The molecule has 0 aliphatic carbocycles. The summed E-state index contributed by atoms with van der Waals surface area (Å²) in [6.07, 6.45) is 0. The van der Waals surface area contributed by atoms with Gasteiger partial charge in [-0.05, 0) is 0 Å². The van der Waals surface area contributed by atoms with Crippen LogP contribution in [-0.2, 0) is 4.74 Å². The average molecular weight is 295 g/mol. The number of hydrogen-bond donors (Lipinski definition) is 3. The predicted molar refractivity (Wildman–Crippen MR) is 78.2 cm³/mol. The summed E-state index contributed by atoms with van der Waals surface area (Å²) in [5.41, 5.74) is 6.09. The molecule has 0 amide bonds. The van der Waals surface area contributed by atoms with Crippen molar-refractivity contribution in [2.75, 3.05) is 43.6 Å². The van der Waals surface area contributed by atoms with Crippen molar-refractivity contribution in [2.45, 2.75) is 0 Å². The van der Waals surface area contributed by atoms with Gasteiger partial charge >= 0.3 is 0 Å². The van der Waals surface area contributed by atoms with Crippen LogP contribution in [-0.4, -0.2) is 44.3 Å². The van der Waals surface area contributed by atoms with Crippen LogP contribution >= 0.6 is 0 Å². The van der Waals surface area contributed by atoms with E-state index in [1.807, 2.05) is 4.90 Å². The SMILES string of the molecule is COc1c(NC(=N)N)cc([N+](=O)[O-])cc1N1CCOCC1.